The summed E-state index contributed by atoms with van der Waals surface area (Å²) in [7, 11) is 0. The number of hydrogen-bond donors (Lipinski definition) is 1. The number of hydrogen-bond acceptors (Lipinski definition) is 5. The largest absolute Gasteiger partial charge is 0.481 e. The van der Waals surface area contributed by atoms with Gasteiger partial charge in [-0.05, 0) is 44.4 Å². The van der Waals surface area contributed by atoms with Crippen LogP contribution in [0.4, 0.5) is 0 Å². The maximum absolute atomic E-state index is 10.9. The van der Waals surface area contributed by atoms with Gasteiger partial charge >= 0.3 is 5.97 Å². The number of carboxylic acids is 1. The summed E-state index contributed by atoms with van der Waals surface area (Å²) in [5, 5.41) is 17.1. The van der Waals surface area contributed by atoms with Gasteiger partial charge in [0.1, 0.15) is 6.61 Å². The summed E-state index contributed by atoms with van der Waals surface area (Å²) < 4.78 is 11.1. The minimum Gasteiger partial charge on any atom is -0.481 e. The highest BCUT2D eigenvalue weighted by molar-refractivity contribution is 5.70. The van der Waals surface area contributed by atoms with Crippen molar-refractivity contribution < 1.29 is 19.1 Å². The average Bonchev–Trinajstić information content (AvgIpc) is 3.15. The molecule has 3 rings (SSSR count). The maximum Gasteiger partial charge on any atom is 0.306 e. The molecule has 0 radical (unpaired) electrons. The van der Waals surface area contributed by atoms with Crippen molar-refractivity contribution in [3.05, 3.63) is 11.8 Å². The van der Waals surface area contributed by atoms with E-state index < -0.39 is 5.97 Å². The van der Waals surface area contributed by atoms with Crippen LogP contribution in [0.3, 0.4) is 0 Å². The first-order chi connectivity index (χ1) is 9.72. The second kappa shape index (κ2) is 5.91. The highest BCUT2D eigenvalue weighted by Crippen LogP contribution is 2.35. The first-order valence-corrected chi connectivity index (χ1v) is 7.35. The summed E-state index contributed by atoms with van der Waals surface area (Å²) in [5.41, 5.74) is 0. The minimum absolute atomic E-state index is 0.204. The third-order valence-electron chi connectivity index (χ3n) is 4.18. The molecule has 0 unspecified atom stereocenters. The molecule has 1 heterocycles. The van der Waals surface area contributed by atoms with Crippen molar-refractivity contribution in [2.45, 2.75) is 51.0 Å². The Labute approximate surface area is 117 Å². The van der Waals surface area contributed by atoms with Gasteiger partial charge in [0.05, 0.1) is 12.5 Å². The molecule has 1 N–H and O–H groups in total. The second-order valence-electron chi connectivity index (χ2n) is 5.88. The van der Waals surface area contributed by atoms with Crippen LogP contribution < -0.4 is 0 Å². The fraction of sp³-hybridized carbons (Fsp3) is 0.786. The Hall–Kier alpha value is -1.43. The number of rotatable bonds is 6. The van der Waals surface area contributed by atoms with Crippen LogP contribution in [0.25, 0.3) is 0 Å². The van der Waals surface area contributed by atoms with Gasteiger partial charge in [-0.2, -0.15) is 0 Å². The van der Waals surface area contributed by atoms with E-state index in [0.717, 1.165) is 25.4 Å². The first-order valence-electron chi connectivity index (χ1n) is 7.35. The molecule has 110 valence electrons. The second-order valence-corrected chi connectivity index (χ2v) is 5.88. The molecule has 0 bridgehead atoms. The Balaban J connectivity index is 1.47. The first kappa shape index (κ1) is 13.5. The lowest BCUT2D eigenvalue weighted by Crippen LogP contribution is -2.20. The van der Waals surface area contributed by atoms with Crippen LogP contribution in [-0.2, 0) is 16.1 Å². The van der Waals surface area contributed by atoms with Crippen molar-refractivity contribution in [3.63, 3.8) is 0 Å². The maximum atomic E-state index is 10.9. The van der Waals surface area contributed by atoms with E-state index in [1.807, 2.05) is 0 Å². The predicted molar refractivity (Wildman–Crippen MR) is 69.0 cm³/mol. The normalized spacial score (nSPS) is 26.6. The Morgan fingerprint density at radius 2 is 1.95 bits per heavy atom. The lowest BCUT2D eigenvalue weighted by molar-refractivity contribution is -0.142. The number of nitrogens with zero attached hydrogens (tertiary/aromatic N) is 2. The molecule has 1 aromatic heterocycles. The van der Waals surface area contributed by atoms with Crippen LogP contribution in [0.5, 0.6) is 0 Å². The molecule has 2 aliphatic carbocycles. The number of ether oxygens (including phenoxy) is 1. The fourth-order valence-corrected chi connectivity index (χ4v) is 2.67. The Morgan fingerprint density at radius 1 is 1.20 bits per heavy atom. The molecule has 0 amide bonds. The molecule has 0 aromatic carbocycles. The van der Waals surface area contributed by atoms with Gasteiger partial charge in [0.2, 0.25) is 11.8 Å². The van der Waals surface area contributed by atoms with Gasteiger partial charge in [-0.3, -0.25) is 4.79 Å². The molecule has 6 nitrogen and oxygen atoms in total. The smallest absolute Gasteiger partial charge is 0.306 e. The van der Waals surface area contributed by atoms with Crippen LogP contribution in [0, 0.1) is 11.8 Å². The van der Waals surface area contributed by atoms with E-state index in [0.29, 0.717) is 31.2 Å². The van der Waals surface area contributed by atoms with Crippen molar-refractivity contribution in [2.24, 2.45) is 11.8 Å². The molecular weight excluding hydrogens is 260 g/mol. The van der Waals surface area contributed by atoms with E-state index >= 15 is 0 Å². The molecule has 0 saturated heterocycles. The Kier molecular flexibility index (Phi) is 4.00. The molecule has 0 atom stereocenters. The van der Waals surface area contributed by atoms with Crippen molar-refractivity contribution in [3.8, 4) is 0 Å². The fourth-order valence-electron chi connectivity index (χ4n) is 2.67. The topological polar surface area (TPSA) is 85.5 Å². The summed E-state index contributed by atoms with van der Waals surface area (Å²) in [4.78, 5) is 10.9. The van der Waals surface area contributed by atoms with E-state index in [2.05, 4.69) is 10.2 Å². The highest BCUT2D eigenvalue weighted by Gasteiger charge is 2.29. The standard InChI is InChI=1S/C14H20N2O4/c17-14(18)11-5-3-10(4-6-11)13-16-15-12(20-13)8-19-7-9-1-2-9/h9-11H,1-8H2,(H,17,18)/t10-,11-. The molecular formula is C14H20N2O4. The molecule has 2 aliphatic rings. The molecule has 2 fully saturated rings. The lowest BCUT2D eigenvalue weighted by Gasteiger charge is -2.23. The van der Waals surface area contributed by atoms with Gasteiger partial charge in [-0.15, -0.1) is 10.2 Å². The Bertz CT molecular complexity index is 461. The van der Waals surface area contributed by atoms with E-state index in [9.17, 15) is 4.79 Å². The third-order valence-corrected chi connectivity index (χ3v) is 4.18. The van der Waals surface area contributed by atoms with Crippen LogP contribution in [0.15, 0.2) is 4.42 Å². The third kappa shape index (κ3) is 3.36. The van der Waals surface area contributed by atoms with E-state index in [1.54, 1.807) is 0 Å². The quantitative estimate of drug-likeness (QED) is 0.861. The number of carboxylic acid groups (broad SMARTS) is 1. The molecule has 2 saturated carbocycles. The summed E-state index contributed by atoms with van der Waals surface area (Å²) in [6.45, 7) is 1.16. The number of aromatic nitrogens is 2. The molecule has 0 aliphatic heterocycles. The van der Waals surface area contributed by atoms with Gasteiger partial charge in [-0.1, -0.05) is 0 Å². The zero-order valence-electron chi connectivity index (χ0n) is 11.5. The monoisotopic (exact) mass is 280 g/mol. The van der Waals surface area contributed by atoms with E-state index in [4.69, 9.17) is 14.3 Å². The molecule has 6 heteroatoms. The van der Waals surface area contributed by atoms with E-state index in [1.165, 1.54) is 12.8 Å². The SMILES string of the molecule is O=C(O)[C@H]1CC[C@H](c2nnc(COCC3CC3)o2)CC1. The lowest BCUT2D eigenvalue weighted by atomic mass is 9.82. The minimum atomic E-state index is -0.692. The average molecular weight is 280 g/mol. The van der Waals surface area contributed by atoms with Gasteiger partial charge in [-0.25, -0.2) is 0 Å². The van der Waals surface area contributed by atoms with Crippen molar-refractivity contribution in [1.82, 2.24) is 10.2 Å². The van der Waals surface area contributed by atoms with Crippen molar-refractivity contribution >= 4 is 5.97 Å². The van der Waals surface area contributed by atoms with Crippen LogP contribution in [0.2, 0.25) is 0 Å². The van der Waals surface area contributed by atoms with Crippen LogP contribution >= 0.6 is 0 Å². The zero-order chi connectivity index (χ0) is 13.9. The molecule has 20 heavy (non-hydrogen) atoms. The number of aliphatic carboxylic acids is 1. The van der Waals surface area contributed by atoms with Crippen molar-refractivity contribution in [1.29, 1.82) is 0 Å². The predicted octanol–water partition coefficient (Wildman–Crippen LogP) is 2.35. The van der Waals surface area contributed by atoms with Crippen molar-refractivity contribution in [2.75, 3.05) is 6.61 Å². The zero-order valence-corrected chi connectivity index (χ0v) is 11.5. The molecule has 1 aromatic rings. The summed E-state index contributed by atoms with van der Waals surface area (Å²) in [6, 6.07) is 0. The summed E-state index contributed by atoms with van der Waals surface area (Å²) in [6.07, 6.45) is 5.53. The highest BCUT2D eigenvalue weighted by atomic mass is 16.5. The van der Waals surface area contributed by atoms with Gasteiger partial charge in [0, 0.05) is 5.92 Å². The Morgan fingerprint density at radius 3 is 2.60 bits per heavy atom. The van der Waals surface area contributed by atoms with Gasteiger partial charge in [0.15, 0.2) is 0 Å². The van der Waals surface area contributed by atoms with Crippen LogP contribution in [0.1, 0.15) is 56.2 Å². The van der Waals surface area contributed by atoms with Crippen LogP contribution in [-0.4, -0.2) is 27.9 Å². The molecule has 0 spiro atoms. The van der Waals surface area contributed by atoms with Gasteiger partial charge < -0.3 is 14.3 Å². The summed E-state index contributed by atoms with van der Waals surface area (Å²) in [5.74, 6) is 1.19. The van der Waals surface area contributed by atoms with E-state index in [-0.39, 0.29) is 11.8 Å². The number of carbonyl (C=O) groups is 1. The summed E-state index contributed by atoms with van der Waals surface area (Å²) >= 11 is 0. The van der Waals surface area contributed by atoms with Gasteiger partial charge in [0.25, 0.3) is 0 Å².